The molecule has 5 aliphatic rings. The molecule has 0 radical (unpaired) electrons. The Kier molecular flexibility index (Phi) is 3.74. The van der Waals surface area contributed by atoms with Crippen molar-refractivity contribution in [3.05, 3.63) is 0 Å². The summed E-state index contributed by atoms with van der Waals surface area (Å²) < 4.78 is 6.29. The first kappa shape index (κ1) is 16.8. The van der Waals surface area contributed by atoms with Crippen LogP contribution in [0.25, 0.3) is 0 Å². The van der Waals surface area contributed by atoms with Crippen LogP contribution in [0.4, 0.5) is 0 Å². The third-order valence-electron chi connectivity index (χ3n) is 10.0. The molecule has 0 aromatic heterocycles. The molecule has 4 saturated carbocycles. The minimum atomic E-state index is -0.116. The van der Waals surface area contributed by atoms with Crippen LogP contribution in [0.3, 0.4) is 0 Å². The summed E-state index contributed by atoms with van der Waals surface area (Å²) in [4.78, 5) is 11.2. The minimum absolute atomic E-state index is 0.0547. The number of ether oxygens (including phenoxy) is 1. The van der Waals surface area contributed by atoms with Gasteiger partial charge in [-0.25, -0.2) is 0 Å². The van der Waals surface area contributed by atoms with E-state index in [1.54, 1.807) is 0 Å². The highest BCUT2D eigenvalue weighted by molar-refractivity contribution is 5.56. The smallest absolute Gasteiger partial charge is 0.148 e. The van der Waals surface area contributed by atoms with Crippen molar-refractivity contribution in [3.63, 3.8) is 0 Å². The van der Waals surface area contributed by atoms with Gasteiger partial charge < -0.3 is 9.53 Å². The Morgan fingerprint density at radius 1 is 0.880 bits per heavy atom. The lowest BCUT2D eigenvalue weighted by molar-refractivity contribution is -0.162. The van der Waals surface area contributed by atoms with Crippen LogP contribution >= 0.6 is 0 Å². The molecular formula is C23H36O2. The first-order valence-electron chi connectivity index (χ1n) is 11.1. The van der Waals surface area contributed by atoms with Crippen molar-refractivity contribution in [1.82, 2.24) is 0 Å². The molecule has 0 N–H and O–H groups in total. The molecule has 8 atom stereocenters. The van der Waals surface area contributed by atoms with Crippen LogP contribution in [0.5, 0.6) is 0 Å². The molecular weight excluding hydrogens is 308 g/mol. The van der Waals surface area contributed by atoms with Gasteiger partial charge in [0.05, 0.1) is 5.60 Å². The normalized spacial score (nSPS) is 57.8. The third kappa shape index (κ3) is 2.35. The first-order chi connectivity index (χ1) is 12.0. The summed E-state index contributed by atoms with van der Waals surface area (Å²) in [5.41, 5.74) is 1.27. The molecule has 2 nitrogen and oxygen atoms in total. The zero-order chi connectivity index (χ0) is 17.3. The van der Waals surface area contributed by atoms with Crippen LogP contribution in [0, 0.1) is 34.5 Å². The summed E-state index contributed by atoms with van der Waals surface area (Å²) in [5, 5.41) is 0. The lowest BCUT2D eigenvalue weighted by Gasteiger charge is -2.61. The van der Waals surface area contributed by atoms with Gasteiger partial charge >= 0.3 is 0 Å². The minimum Gasteiger partial charge on any atom is -0.364 e. The molecule has 140 valence electrons. The fourth-order valence-corrected chi connectivity index (χ4v) is 8.58. The molecule has 0 aromatic rings. The molecule has 25 heavy (non-hydrogen) atoms. The SMILES string of the molecule is C[C@@]12CCC[C@H]1[C@@H]1CC[C@H]3C[C@@]4(CC[C@H](C=O)O4)CC[C@]3(C)[C@H]1CC2. The van der Waals surface area contributed by atoms with Gasteiger partial charge in [0.15, 0.2) is 0 Å². The van der Waals surface area contributed by atoms with Gasteiger partial charge in [0, 0.05) is 0 Å². The van der Waals surface area contributed by atoms with Crippen molar-refractivity contribution in [1.29, 1.82) is 0 Å². The van der Waals surface area contributed by atoms with E-state index in [1.807, 2.05) is 0 Å². The Morgan fingerprint density at radius 3 is 2.56 bits per heavy atom. The highest BCUT2D eigenvalue weighted by Gasteiger charge is 2.60. The van der Waals surface area contributed by atoms with Crippen LogP contribution in [-0.4, -0.2) is 18.0 Å². The lowest BCUT2D eigenvalue weighted by Crippen LogP contribution is -2.55. The van der Waals surface area contributed by atoms with E-state index in [9.17, 15) is 4.79 Å². The molecule has 1 aliphatic heterocycles. The lowest BCUT2D eigenvalue weighted by atomic mass is 9.44. The largest absolute Gasteiger partial charge is 0.364 e. The van der Waals surface area contributed by atoms with Gasteiger partial charge in [0.25, 0.3) is 0 Å². The Balaban J connectivity index is 1.37. The highest BCUT2D eigenvalue weighted by atomic mass is 16.5. The topological polar surface area (TPSA) is 26.3 Å². The second-order valence-corrected chi connectivity index (χ2v) is 11.0. The summed E-state index contributed by atoms with van der Waals surface area (Å²) in [5.74, 6) is 3.81. The van der Waals surface area contributed by atoms with Crippen LogP contribution in [0.1, 0.15) is 90.9 Å². The standard InChI is InChI=1S/C23H36O2/c1-21-9-3-4-19(21)18-6-5-16-14-23(11-7-17(15-24)25-23)13-12-22(16,2)20(18)8-10-21/h15-20H,3-14H2,1-2H3/t16-,17+,18-,19-,20-,21-,22-,23+/m0/s1. The van der Waals surface area contributed by atoms with E-state index in [4.69, 9.17) is 4.74 Å². The fraction of sp³-hybridized carbons (Fsp3) is 0.957. The molecule has 0 aromatic carbocycles. The predicted molar refractivity (Wildman–Crippen MR) is 99.2 cm³/mol. The number of hydrogen-bond donors (Lipinski definition) is 0. The number of rotatable bonds is 1. The molecule has 1 saturated heterocycles. The van der Waals surface area contributed by atoms with Crippen LogP contribution in [0.15, 0.2) is 0 Å². The Labute approximate surface area is 153 Å². The second kappa shape index (κ2) is 5.57. The van der Waals surface area contributed by atoms with Crippen LogP contribution in [0.2, 0.25) is 0 Å². The van der Waals surface area contributed by atoms with Crippen molar-refractivity contribution < 1.29 is 9.53 Å². The molecule has 5 fully saturated rings. The van der Waals surface area contributed by atoms with E-state index >= 15 is 0 Å². The van der Waals surface area contributed by atoms with Gasteiger partial charge in [-0.3, -0.25) is 0 Å². The van der Waals surface area contributed by atoms with Gasteiger partial charge in [-0.2, -0.15) is 0 Å². The Hall–Kier alpha value is -0.370. The van der Waals surface area contributed by atoms with Crippen molar-refractivity contribution in [2.24, 2.45) is 34.5 Å². The summed E-state index contributed by atoms with van der Waals surface area (Å²) in [6.45, 7) is 5.25. The van der Waals surface area contributed by atoms with Crippen molar-refractivity contribution in [2.45, 2.75) is 103 Å². The summed E-state index contributed by atoms with van der Waals surface area (Å²) in [6, 6.07) is 0. The van der Waals surface area contributed by atoms with Crippen molar-refractivity contribution >= 4 is 6.29 Å². The van der Waals surface area contributed by atoms with Gasteiger partial charge in [-0.05, 0) is 105 Å². The molecule has 4 aliphatic carbocycles. The molecule has 0 bridgehead atoms. The van der Waals surface area contributed by atoms with Crippen molar-refractivity contribution in [2.75, 3.05) is 0 Å². The number of fused-ring (bicyclic) bond motifs is 5. The number of carbonyl (C=O) groups excluding carboxylic acids is 1. The van der Waals surface area contributed by atoms with Crippen molar-refractivity contribution in [3.8, 4) is 0 Å². The summed E-state index contributed by atoms with van der Waals surface area (Å²) >= 11 is 0. The summed E-state index contributed by atoms with van der Waals surface area (Å²) in [6.07, 6.45) is 17.1. The molecule has 0 amide bonds. The molecule has 5 rings (SSSR count). The van der Waals surface area contributed by atoms with E-state index in [2.05, 4.69) is 13.8 Å². The molecule has 1 spiro atoms. The number of hydrogen-bond acceptors (Lipinski definition) is 2. The number of aldehydes is 1. The zero-order valence-corrected chi connectivity index (χ0v) is 16.3. The zero-order valence-electron chi connectivity index (χ0n) is 16.3. The fourth-order valence-electron chi connectivity index (χ4n) is 8.58. The van der Waals surface area contributed by atoms with Gasteiger partial charge in [-0.1, -0.05) is 20.3 Å². The Bertz CT molecular complexity index is 558. The average Bonchev–Trinajstić information content (AvgIpc) is 3.19. The van der Waals surface area contributed by atoms with Gasteiger partial charge in [0.2, 0.25) is 0 Å². The first-order valence-corrected chi connectivity index (χ1v) is 11.1. The molecule has 2 heteroatoms. The van der Waals surface area contributed by atoms with E-state index in [1.165, 1.54) is 64.2 Å². The highest BCUT2D eigenvalue weighted by Crippen LogP contribution is 2.67. The van der Waals surface area contributed by atoms with E-state index in [0.29, 0.717) is 10.8 Å². The van der Waals surface area contributed by atoms with E-state index in [0.717, 1.165) is 42.8 Å². The van der Waals surface area contributed by atoms with Crippen LogP contribution < -0.4 is 0 Å². The monoisotopic (exact) mass is 344 g/mol. The quantitative estimate of drug-likeness (QED) is 0.584. The van der Waals surface area contributed by atoms with E-state index < -0.39 is 0 Å². The van der Waals surface area contributed by atoms with E-state index in [-0.39, 0.29) is 11.7 Å². The maximum absolute atomic E-state index is 11.2. The van der Waals surface area contributed by atoms with Crippen LogP contribution in [-0.2, 0) is 9.53 Å². The maximum Gasteiger partial charge on any atom is 0.148 e. The maximum atomic E-state index is 11.2. The average molecular weight is 345 g/mol. The van der Waals surface area contributed by atoms with Gasteiger partial charge in [-0.15, -0.1) is 0 Å². The predicted octanol–water partition coefficient (Wildman–Crippen LogP) is 5.54. The molecule has 0 unspecified atom stereocenters. The summed E-state index contributed by atoms with van der Waals surface area (Å²) in [7, 11) is 0. The Morgan fingerprint density at radius 2 is 1.76 bits per heavy atom. The third-order valence-corrected chi connectivity index (χ3v) is 10.0. The second-order valence-electron chi connectivity index (χ2n) is 11.0. The van der Waals surface area contributed by atoms with Gasteiger partial charge in [0.1, 0.15) is 12.4 Å². The number of carbonyl (C=O) groups is 1. The molecule has 1 heterocycles.